The summed E-state index contributed by atoms with van der Waals surface area (Å²) in [6.45, 7) is 8.95. The van der Waals surface area contributed by atoms with Crippen molar-refractivity contribution in [3.63, 3.8) is 0 Å². The second-order valence-corrected chi connectivity index (χ2v) is 3.83. The lowest BCUT2D eigenvalue weighted by molar-refractivity contribution is 0.744. The van der Waals surface area contributed by atoms with Gasteiger partial charge in [0.1, 0.15) is 0 Å². The van der Waals surface area contributed by atoms with Crippen LogP contribution in [0.4, 0.5) is 5.69 Å². The first kappa shape index (κ1) is 11.1. The first-order chi connectivity index (χ1) is 6.77. The molecule has 78 valence electrons. The highest BCUT2D eigenvalue weighted by molar-refractivity contribution is 5.48. The molecular weight excluding hydrogens is 170 g/mol. The summed E-state index contributed by atoms with van der Waals surface area (Å²) in [7, 11) is 0. The molecule has 0 bridgehead atoms. The number of aryl methyl sites for hydroxylation is 1. The average molecular weight is 191 g/mol. The quantitative estimate of drug-likeness (QED) is 0.687. The molecule has 0 amide bonds. The van der Waals surface area contributed by atoms with Crippen molar-refractivity contribution in [3.05, 3.63) is 29.8 Å². The maximum Gasteiger partial charge on any atom is 0.0368 e. The van der Waals surface area contributed by atoms with E-state index in [1.807, 2.05) is 0 Å². The molecular formula is C13H21N. The molecule has 0 radical (unpaired) electrons. The Labute approximate surface area is 87.7 Å². The van der Waals surface area contributed by atoms with Gasteiger partial charge in [0.05, 0.1) is 0 Å². The zero-order valence-electron chi connectivity index (χ0n) is 9.59. The molecule has 1 nitrogen and oxygen atoms in total. The van der Waals surface area contributed by atoms with E-state index in [1.54, 1.807) is 0 Å². The fraction of sp³-hybridized carbons (Fsp3) is 0.538. The van der Waals surface area contributed by atoms with E-state index < -0.39 is 0 Å². The molecule has 0 spiro atoms. The Morgan fingerprint density at radius 3 is 2.21 bits per heavy atom. The van der Waals surface area contributed by atoms with Crippen LogP contribution in [0.1, 0.15) is 32.3 Å². The molecule has 0 heterocycles. The topological polar surface area (TPSA) is 3.24 Å². The summed E-state index contributed by atoms with van der Waals surface area (Å²) in [4.78, 5) is 2.47. The average Bonchev–Trinajstić information content (AvgIpc) is 2.17. The summed E-state index contributed by atoms with van der Waals surface area (Å²) in [6.07, 6.45) is 2.43. The maximum absolute atomic E-state index is 2.47. The predicted molar refractivity (Wildman–Crippen MR) is 64.0 cm³/mol. The Balaban J connectivity index is 2.75. The van der Waals surface area contributed by atoms with E-state index in [1.165, 1.54) is 24.1 Å². The van der Waals surface area contributed by atoms with E-state index in [0.717, 1.165) is 13.1 Å². The van der Waals surface area contributed by atoms with Crippen LogP contribution in [0.5, 0.6) is 0 Å². The van der Waals surface area contributed by atoms with Crippen molar-refractivity contribution in [2.75, 3.05) is 18.0 Å². The van der Waals surface area contributed by atoms with Crippen LogP contribution >= 0.6 is 0 Å². The molecule has 0 N–H and O–H groups in total. The molecule has 0 saturated heterocycles. The minimum Gasteiger partial charge on any atom is -0.372 e. The monoisotopic (exact) mass is 191 g/mol. The second-order valence-electron chi connectivity index (χ2n) is 3.83. The van der Waals surface area contributed by atoms with Gasteiger partial charge in [-0.3, -0.25) is 0 Å². The highest BCUT2D eigenvalue weighted by Gasteiger charge is 2.03. The highest BCUT2D eigenvalue weighted by atomic mass is 15.1. The zero-order chi connectivity index (χ0) is 10.4. The molecule has 0 unspecified atom stereocenters. The number of nitrogens with zero attached hydrogens (tertiary/aromatic N) is 1. The number of hydrogen-bond donors (Lipinski definition) is 0. The van der Waals surface area contributed by atoms with Crippen LogP contribution in [0, 0.1) is 6.92 Å². The first-order valence-electron chi connectivity index (χ1n) is 5.59. The smallest absolute Gasteiger partial charge is 0.0368 e. The van der Waals surface area contributed by atoms with E-state index >= 15 is 0 Å². The van der Waals surface area contributed by atoms with Gasteiger partial charge in [-0.1, -0.05) is 26.0 Å². The van der Waals surface area contributed by atoms with Crippen molar-refractivity contribution in [2.45, 2.75) is 33.6 Å². The number of benzene rings is 1. The van der Waals surface area contributed by atoms with E-state index in [-0.39, 0.29) is 0 Å². The summed E-state index contributed by atoms with van der Waals surface area (Å²) in [5.41, 5.74) is 2.72. The SMILES string of the molecule is CCCN(CCC)c1cccc(C)c1. The molecule has 1 aromatic carbocycles. The van der Waals surface area contributed by atoms with Crippen LogP contribution in [0.3, 0.4) is 0 Å². The van der Waals surface area contributed by atoms with Crippen molar-refractivity contribution < 1.29 is 0 Å². The largest absolute Gasteiger partial charge is 0.372 e. The van der Waals surface area contributed by atoms with E-state index in [9.17, 15) is 0 Å². The third-order valence-corrected chi connectivity index (χ3v) is 2.35. The maximum atomic E-state index is 2.47. The van der Waals surface area contributed by atoms with Crippen LogP contribution in [0.2, 0.25) is 0 Å². The van der Waals surface area contributed by atoms with Crippen molar-refractivity contribution in [1.29, 1.82) is 0 Å². The number of rotatable bonds is 5. The van der Waals surface area contributed by atoms with Gasteiger partial charge in [-0.05, 0) is 37.5 Å². The second kappa shape index (κ2) is 5.69. The molecule has 1 rings (SSSR count). The molecule has 0 aliphatic heterocycles. The lowest BCUT2D eigenvalue weighted by Crippen LogP contribution is -2.24. The van der Waals surface area contributed by atoms with Crippen molar-refractivity contribution in [3.8, 4) is 0 Å². The van der Waals surface area contributed by atoms with Gasteiger partial charge in [0, 0.05) is 18.8 Å². The van der Waals surface area contributed by atoms with Gasteiger partial charge in [-0.25, -0.2) is 0 Å². The minimum absolute atomic E-state index is 1.16. The zero-order valence-corrected chi connectivity index (χ0v) is 9.59. The molecule has 0 aromatic heterocycles. The standard InChI is InChI=1S/C13H21N/c1-4-9-14(10-5-2)13-8-6-7-12(3)11-13/h6-8,11H,4-5,9-10H2,1-3H3. The fourth-order valence-corrected chi connectivity index (χ4v) is 1.73. The summed E-state index contributed by atoms with van der Waals surface area (Å²) >= 11 is 0. The minimum atomic E-state index is 1.16. The van der Waals surface area contributed by atoms with Crippen molar-refractivity contribution in [1.82, 2.24) is 0 Å². The lowest BCUT2D eigenvalue weighted by Gasteiger charge is -2.24. The first-order valence-corrected chi connectivity index (χ1v) is 5.59. The molecule has 0 atom stereocenters. The molecule has 14 heavy (non-hydrogen) atoms. The number of hydrogen-bond acceptors (Lipinski definition) is 1. The van der Waals surface area contributed by atoms with E-state index in [0.29, 0.717) is 0 Å². The van der Waals surface area contributed by atoms with Crippen LogP contribution in [-0.4, -0.2) is 13.1 Å². The van der Waals surface area contributed by atoms with Gasteiger partial charge in [0.15, 0.2) is 0 Å². The fourth-order valence-electron chi connectivity index (χ4n) is 1.73. The molecule has 0 aliphatic carbocycles. The molecule has 0 fully saturated rings. The molecule has 1 heteroatoms. The van der Waals surface area contributed by atoms with Crippen LogP contribution in [0.15, 0.2) is 24.3 Å². The highest BCUT2D eigenvalue weighted by Crippen LogP contribution is 2.16. The third-order valence-electron chi connectivity index (χ3n) is 2.35. The van der Waals surface area contributed by atoms with Gasteiger partial charge >= 0.3 is 0 Å². The summed E-state index contributed by atoms with van der Waals surface area (Å²) in [5, 5.41) is 0. The summed E-state index contributed by atoms with van der Waals surface area (Å²) in [6, 6.07) is 8.77. The normalized spacial score (nSPS) is 10.2. The number of anilines is 1. The van der Waals surface area contributed by atoms with E-state index in [2.05, 4.69) is 49.9 Å². The van der Waals surface area contributed by atoms with Gasteiger partial charge < -0.3 is 4.90 Å². The van der Waals surface area contributed by atoms with Crippen LogP contribution < -0.4 is 4.90 Å². The Kier molecular flexibility index (Phi) is 4.51. The Hall–Kier alpha value is -0.980. The molecule has 1 aromatic rings. The Morgan fingerprint density at radius 2 is 1.71 bits per heavy atom. The summed E-state index contributed by atoms with van der Waals surface area (Å²) in [5.74, 6) is 0. The predicted octanol–water partition coefficient (Wildman–Crippen LogP) is 3.62. The van der Waals surface area contributed by atoms with Gasteiger partial charge in [0.2, 0.25) is 0 Å². The molecule has 0 saturated carbocycles. The van der Waals surface area contributed by atoms with Gasteiger partial charge in [-0.15, -0.1) is 0 Å². The van der Waals surface area contributed by atoms with Crippen molar-refractivity contribution in [2.24, 2.45) is 0 Å². The Morgan fingerprint density at radius 1 is 1.07 bits per heavy atom. The lowest BCUT2D eigenvalue weighted by atomic mass is 10.2. The molecule has 0 aliphatic rings. The van der Waals surface area contributed by atoms with Crippen LogP contribution in [-0.2, 0) is 0 Å². The van der Waals surface area contributed by atoms with Gasteiger partial charge in [0.25, 0.3) is 0 Å². The Bertz CT molecular complexity index is 262. The summed E-state index contributed by atoms with van der Waals surface area (Å²) < 4.78 is 0. The van der Waals surface area contributed by atoms with Gasteiger partial charge in [-0.2, -0.15) is 0 Å². The van der Waals surface area contributed by atoms with E-state index in [4.69, 9.17) is 0 Å². The third kappa shape index (κ3) is 3.06. The van der Waals surface area contributed by atoms with Crippen LogP contribution in [0.25, 0.3) is 0 Å². The van der Waals surface area contributed by atoms with Crippen molar-refractivity contribution >= 4 is 5.69 Å².